The lowest BCUT2D eigenvalue weighted by Crippen LogP contribution is -2.56. The molecular formula is C25H27Cl2NO5S2. The van der Waals surface area contributed by atoms with Crippen LogP contribution >= 0.6 is 23.2 Å². The molecule has 0 radical (unpaired) electrons. The molecule has 3 rings (SSSR count). The molecule has 35 heavy (non-hydrogen) atoms. The molecule has 0 aromatic heterocycles. The molecule has 0 bridgehead atoms. The van der Waals surface area contributed by atoms with Gasteiger partial charge in [-0.1, -0.05) is 72.6 Å². The Kier molecular flexibility index (Phi) is 8.21. The van der Waals surface area contributed by atoms with Gasteiger partial charge in [0.1, 0.15) is 0 Å². The zero-order valence-electron chi connectivity index (χ0n) is 19.6. The molecule has 0 spiro atoms. The lowest BCUT2D eigenvalue weighted by atomic mass is 9.95. The summed E-state index contributed by atoms with van der Waals surface area (Å²) >= 11 is 13.2. The highest BCUT2D eigenvalue weighted by molar-refractivity contribution is 7.93. The monoisotopic (exact) mass is 555 g/mol. The highest BCUT2D eigenvalue weighted by atomic mass is 35.5. The number of hydrogen-bond acceptors (Lipinski definition) is 5. The van der Waals surface area contributed by atoms with Crippen molar-refractivity contribution >= 4 is 54.4 Å². The first-order chi connectivity index (χ1) is 16.3. The predicted octanol–water partition coefficient (Wildman–Crippen LogP) is 4.83. The van der Waals surface area contributed by atoms with Crippen LogP contribution in [0.1, 0.15) is 38.3 Å². The summed E-state index contributed by atoms with van der Waals surface area (Å²) in [5.41, 5.74) is 1.79. The van der Waals surface area contributed by atoms with Crippen LogP contribution in [0.5, 0.6) is 0 Å². The molecule has 2 aromatic rings. The number of amides is 1. The van der Waals surface area contributed by atoms with Crippen LogP contribution in [0.4, 0.5) is 0 Å². The molecule has 1 unspecified atom stereocenters. The maximum atomic E-state index is 13.5. The van der Waals surface area contributed by atoms with Crippen molar-refractivity contribution in [2.45, 2.75) is 48.6 Å². The van der Waals surface area contributed by atoms with Gasteiger partial charge in [0, 0.05) is 22.1 Å². The van der Waals surface area contributed by atoms with Crippen molar-refractivity contribution in [1.82, 2.24) is 5.32 Å². The van der Waals surface area contributed by atoms with E-state index >= 15 is 0 Å². The van der Waals surface area contributed by atoms with Gasteiger partial charge in [0.05, 0.1) is 22.3 Å². The smallest absolute Gasteiger partial charge is 0.225 e. The largest absolute Gasteiger partial charge is 0.333 e. The van der Waals surface area contributed by atoms with Crippen LogP contribution in [0.2, 0.25) is 0 Å². The summed E-state index contributed by atoms with van der Waals surface area (Å²) in [6, 6.07) is 15.1. The second kappa shape index (κ2) is 10.5. The number of hydrogen-bond donors (Lipinski definition) is 1. The van der Waals surface area contributed by atoms with Crippen LogP contribution in [-0.2, 0) is 30.9 Å². The molecule has 1 aliphatic carbocycles. The van der Waals surface area contributed by atoms with Crippen molar-refractivity contribution in [2.75, 3.05) is 5.75 Å². The van der Waals surface area contributed by atoms with Crippen LogP contribution in [0.3, 0.4) is 0 Å². The molecular weight excluding hydrogens is 529 g/mol. The van der Waals surface area contributed by atoms with Gasteiger partial charge < -0.3 is 5.32 Å². The standard InChI is InChI=1S/C25H27Cl2NO5S2/c1-4-34(30,31)20-12-10-18(11-13-20)14-23(29)28-25(35(32,33)17(2)3)15-21(26)24(22(27)16-25)19-8-6-5-7-9-19/h5-13,15,17H,4,14,16H2,1-3H3,(H,28,29). The first-order valence-corrected chi connectivity index (χ1v) is 15.0. The third-order valence-electron chi connectivity index (χ3n) is 5.86. The second-order valence-electron chi connectivity index (χ2n) is 8.57. The Balaban J connectivity index is 1.94. The maximum absolute atomic E-state index is 13.5. The third kappa shape index (κ3) is 5.66. The summed E-state index contributed by atoms with van der Waals surface area (Å²) < 4.78 is 50.9. The van der Waals surface area contributed by atoms with Gasteiger partial charge >= 0.3 is 0 Å². The summed E-state index contributed by atoms with van der Waals surface area (Å²) in [6.45, 7) is 4.61. The highest BCUT2D eigenvalue weighted by Crippen LogP contribution is 2.44. The number of allylic oxidation sites excluding steroid dienone is 2. The van der Waals surface area contributed by atoms with Crippen LogP contribution < -0.4 is 5.32 Å². The Morgan fingerprint density at radius 3 is 2.11 bits per heavy atom. The van der Waals surface area contributed by atoms with Gasteiger partial charge in [-0.05, 0) is 43.2 Å². The first kappa shape index (κ1) is 27.5. The molecule has 0 fully saturated rings. The molecule has 2 aromatic carbocycles. The van der Waals surface area contributed by atoms with Gasteiger partial charge in [0.2, 0.25) is 5.91 Å². The number of sulfone groups is 2. The number of carbonyl (C=O) groups is 1. The van der Waals surface area contributed by atoms with Crippen LogP contribution in [0.15, 0.2) is 75.6 Å². The fraction of sp³-hybridized carbons (Fsp3) is 0.320. The van der Waals surface area contributed by atoms with Crippen LogP contribution in [0.25, 0.3) is 5.57 Å². The van der Waals surface area contributed by atoms with E-state index in [0.717, 1.165) is 5.56 Å². The Morgan fingerprint density at radius 1 is 1.00 bits per heavy atom. The fourth-order valence-corrected chi connectivity index (χ4v) is 7.51. The molecule has 0 saturated carbocycles. The Bertz CT molecular complexity index is 1380. The normalized spacial score (nSPS) is 19.0. The lowest BCUT2D eigenvalue weighted by molar-refractivity contribution is -0.121. The number of halogens is 2. The van der Waals surface area contributed by atoms with Gasteiger partial charge in [-0.15, -0.1) is 0 Å². The van der Waals surface area contributed by atoms with E-state index in [4.69, 9.17) is 23.2 Å². The van der Waals surface area contributed by atoms with Gasteiger partial charge in [-0.25, -0.2) is 16.8 Å². The number of benzene rings is 2. The Hall–Kier alpha value is -2.13. The minimum absolute atomic E-state index is 0.0330. The molecule has 6 nitrogen and oxygen atoms in total. The van der Waals surface area contributed by atoms with Crippen LogP contribution in [0, 0.1) is 0 Å². The number of carbonyl (C=O) groups excluding carboxylic acids is 1. The quantitative estimate of drug-likeness (QED) is 0.502. The molecule has 0 heterocycles. The molecule has 10 heteroatoms. The number of nitrogens with one attached hydrogen (secondary N) is 1. The zero-order valence-corrected chi connectivity index (χ0v) is 22.7. The highest BCUT2D eigenvalue weighted by Gasteiger charge is 2.48. The van der Waals surface area contributed by atoms with Crippen molar-refractivity contribution in [3.8, 4) is 0 Å². The molecule has 1 N–H and O–H groups in total. The van der Waals surface area contributed by atoms with E-state index < -0.39 is 35.7 Å². The molecule has 188 valence electrons. The average Bonchev–Trinajstić information content (AvgIpc) is 2.79. The van der Waals surface area contributed by atoms with Gasteiger partial charge in [0.25, 0.3) is 0 Å². The summed E-state index contributed by atoms with van der Waals surface area (Å²) in [7, 11) is -7.31. The van der Waals surface area contributed by atoms with Crippen molar-refractivity contribution in [1.29, 1.82) is 0 Å². The molecule has 1 amide bonds. The average molecular weight is 557 g/mol. The van der Waals surface area contributed by atoms with Gasteiger partial charge in [-0.3, -0.25) is 4.79 Å². The van der Waals surface area contributed by atoms with E-state index in [2.05, 4.69) is 5.32 Å². The third-order valence-corrected chi connectivity index (χ3v) is 10.8. The second-order valence-corrected chi connectivity index (χ2v) is 14.5. The summed E-state index contributed by atoms with van der Waals surface area (Å²) in [4.78, 5) is 11.4. The summed E-state index contributed by atoms with van der Waals surface area (Å²) in [5, 5.41) is 2.21. The molecule has 1 atom stereocenters. The zero-order chi connectivity index (χ0) is 26.0. The predicted molar refractivity (Wildman–Crippen MR) is 141 cm³/mol. The molecule has 1 aliphatic rings. The van der Waals surface area contributed by atoms with Crippen molar-refractivity contribution in [2.24, 2.45) is 0 Å². The number of rotatable bonds is 8. The lowest BCUT2D eigenvalue weighted by Gasteiger charge is -2.36. The van der Waals surface area contributed by atoms with E-state index in [1.807, 2.05) is 30.3 Å². The van der Waals surface area contributed by atoms with Crippen molar-refractivity contribution in [3.63, 3.8) is 0 Å². The first-order valence-electron chi connectivity index (χ1n) is 11.0. The van der Waals surface area contributed by atoms with E-state index in [1.165, 1.54) is 44.2 Å². The minimum Gasteiger partial charge on any atom is -0.333 e. The topological polar surface area (TPSA) is 97.4 Å². The van der Waals surface area contributed by atoms with E-state index in [9.17, 15) is 21.6 Å². The maximum Gasteiger partial charge on any atom is 0.225 e. The summed E-state index contributed by atoms with van der Waals surface area (Å²) in [6.07, 6.45) is 1.03. The summed E-state index contributed by atoms with van der Waals surface area (Å²) in [5.74, 6) is -0.594. The van der Waals surface area contributed by atoms with Crippen LogP contribution in [-0.4, -0.2) is 38.6 Å². The van der Waals surface area contributed by atoms with E-state index in [1.54, 1.807) is 6.92 Å². The Labute approximate surface area is 216 Å². The fourth-order valence-electron chi connectivity index (χ4n) is 3.88. The molecule has 0 aliphatic heterocycles. The van der Waals surface area contributed by atoms with E-state index in [-0.39, 0.29) is 33.6 Å². The van der Waals surface area contributed by atoms with Gasteiger partial charge in [-0.2, -0.15) is 0 Å². The Morgan fingerprint density at radius 2 is 1.60 bits per heavy atom. The van der Waals surface area contributed by atoms with Gasteiger partial charge in [0.15, 0.2) is 24.5 Å². The van der Waals surface area contributed by atoms with Crippen molar-refractivity contribution < 1.29 is 21.6 Å². The van der Waals surface area contributed by atoms with Crippen molar-refractivity contribution in [3.05, 3.63) is 81.9 Å². The molecule has 0 saturated heterocycles. The SMILES string of the molecule is CCS(=O)(=O)c1ccc(CC(=O)NC2(S(=O)(=O)C(C)C)C=C(Cl)C(c3ccccc3)=C(Cl)C2)cc1. The van der Waals surface area contributed by atoms with E-state index in [0.29, 0.717) is 11.1 Å². The minimum atomic E-state index is -3.94.